The lowest BCUT2D eigenvalue weighted by atomic mass is 10.2. The zero-order chi connectivity index (χ0) is 9.10. The van der Waals surface area contributed by atoms with Crippen LogP contribution in [0, 0.1) is 0 Å². The Labute approximate surface area is 78.8 Å². The summed E-state index contributed by atoms with van der Waals surface area (Å²) >= 11 is 0. The molecule has 1 aromatic carbocycles. The van der Waals surface area contributed by atoms with Crippen LogP contribution in [0.4, 0.5) is 5.69 Å². The molecule has 0 amide bonds. The summed E-state index contributed by atoms with van der Waals surface area (Å²) < 4.78 is 0. The molecular formula is C11H15NO. The van der Waals surface area contributed by atoms with Crippen LogP contribution < -0.4 is 4.90 Å². The fourth-order valence-corrected chi connectivity index (χ4v) is 1.79. The Morgan fingerprint density at radius 1 is 1.08 bits per heavy atom. The largest absolute Gasteiger partial charge is 0.392 e. The highest BCUT2D eigenvalue weighted by Crippen LogP contribution is 2.20. The van der Waals surface area contributed by atoms with Crippen LogP contribution in [-0.4, -0.2) is 18.2 Å². The molecule has 0 aromatic heterocycles. The maximum Gasteiger partial charge on any atom is 0.0681 e. The highest BCUT2D eigenvalue weighted by atomic mass is 16.3. The number of hydrogen-bond acceptors (Lipinski definition) is 2. The van der Waals surface area contributed by atoms with Crippen molar-refractivity contribution in [2.24, 2.45) is 0 Å². The van der Waals surface area contributed by atoms with Crippen LogP contribution in [-0.2, 0) is 6.61 Å². The van der Waals surface area contributed by atoms with Gasteiger partial charge in [-0.25, -0.2) is 0 Å². The molecule has 1 aliphatic rings. The molecule has 0 saturated carbocycles. The zero-order valence-electron chi connectivity index (χ0n) is 7.74. The Kier molecular flexibility index (Phi) is 2.50. The van der Waals surface area contributed by atoms with Gasteiger partial charge in [0, 0.05) is 18.8 Å². The number of aliphatic hydroxyl groups is 1. The van der Waals surface area contributed by atoms with Crippen molar-refractivity contribution in [3.63, 3.8) is 0 Å². The Balaban J connectivity index is 2.12. The number of anilines is 1. The Morgan fingerprint density at radius 2 is 1.69 bits per heavy atom. The Morgan fingerprint density at radius 3 is 2.23 bits per heavy atom. The van der Waals surface area contributed by atoms with E-state index in [0.29, 0.717) is 0 Å². The van der Waals surface area contributed by atoms with Gasteiger partial charge in [-0.05, 0) is 30.5 Å². The predicted molar refractivity (Wildman–Crippen MR) is 53.8 cm³/mol. The lowest BCUT2D eigenvalue weighted by Crippen LogP contribution is -2.17. The second-order valence-corrected chi connectivity index (χ2v) is 3.52. The van der Waals surface area contributed by atoms with Crippen LogP contribution in [0.3, 0.4) is 0 Å². The van der Waals surface area contributed by atoms with Crippen LogP contribution in [0.25, 0.3) is 0 Å². The standard InChI is InChI=1S/C11H15NO/c13-9-10-3-5-11(6-4-10)12-7-1-2-8-12/h3-6,13H,1-2,7-9H2. The highest BCUT2D eigenvalue weighted by Gasteiger charge is 2.11. The van der Waals surface area contributed by atoms with Gasteiger partial charge in [0.05, 0.1) is 6.61 Å². The zero-order valence-corrected chi connectivity index (χ0v) is 7.74. The highest BCUT2D eigenvalue weighted by molar-refractivity contribution is 5.48. The molecule has 1 fully saturated rings. The van der Waals surface area contributed by atoms with Crippen LogP contribution in [0.15, 0.2) is 24.3 Å². The predicted octanol–water partition coefficient (Wildman–Crippen LogP) is 1.78. The second kappa shape index (κ2) is 3.79. The molecule has 1 aromatic rings. The summed E-state index contributed by atoms with van der Waals surface area (Å²) in [6.45, 7) is 2.50. The molecule has 0 bridgehead atoms. The van der Waals surface area contributed by atoms with E-state index < -0.39 is 0 Å². The Bertz CT molecular complexity index is 262. The van der Waals surface area contributed by atoms with Crippen molar-refractivity contribution >= 4 is 5.69 Å². The van der Waals surface area contributed by atoms with E-state index in [9.17, 15) is 0 Å². The molecule has 70 valence electrons. The van der Waals surface area contributed by atoms with Gasteiger partial charge >= 0.3 is 0 Å². The lowest BCUT2D eigenvalue weighted by molar-refractivity contribution is 0.282. The molecule has 2 nitrogen and oxygen atoms in total. The Hall–Kier alpha value is -1.02. The monoisotopic (exact) mass is 177 g/mol. The summed E-state index contributed by atoms with van der Waals surface area (Å²) in [5, 5.41) is 8.88. The maximum absolute atomic E-state index is 8.88. The first kappa shape index (κ1) is 8.57. The molecule has 0 atom stereocenters. The summed E-state index contributed by atoms with van der Waals surface area (Å²) in [5.74, 6) is 0. The van der Waals surface area contributed by atoms with Crippen molar-refractivity contribution in [3.05, 3.63) is 29.8 Å². The topological polar surface area (TPSA) is 23.5 Å². The minimum absolute atomic E-state index is 0.139. The summed E-state index contributed by atoms with van der Waals surface area (Å²) in [5.41, 5.74) is 2.28. The van der Waals surface area contributed by atoms with E-state index in [4.69, 9.17) is 5.11 Å². The van der Waals surface area contributed by atoms with Gasteiger partial charge in [0.25, 0.3) is 0 Å². The molecule has 0 aliphatic carbocycles. The van der Waals surface area contributed by atoms with Crippen molar-refractivity contribution in [2.45, 2.75) is 19.4 Å². The average molecular weight is 177 g/mol. The first-order chi connectivity index (χ1) is 6.40. The molecule has 2 heteroatoms. The van der Waals surface area contributed by atoms with E-state index in [1.54, 1.807) is 0 Å². The van der Waals surface area contributed by atoms with Gasteiger partial charge in [0.15, 0.2) is 0 Å². The first-order valence-corrected chi connectivity index (χ1v) is 4.85. The SMILES string of the molecule is OCc1ccc(N2CCCC2)cc1. The number of hydrogen-bond donors (Lipinski definition) is 1. The van der Waals surface area contributed by atoms with Crippen molar-refractivity contribution in [2.75, 3.05) is 18.0 Å². The molecule has 0 spiro atoms. The van der Waals surface area contributed by atoms with Crippen LogP contribution in [0.2, 0.25) is 0 Å². The number of benzene rings is 1. The molecular weight excluding hydrogens is 162 g/mol. The minimum Gasteiger partial charge on any atom is -0.392 e. The average Bonchev–Trinajstić information content (AvgIpc) is 2.71. The van der Waals surface area contributed by atoms with E-state index in [-0.39, 0.29) is 6.61 Å². The molecule has 2 rings (SSSR count). The molecule has 1 heterocycles. The molecule has 1 aliphatic heterocycles. The third-order valence-electron chi connectivity index (χ3n) is 2.59. The van der Waals surface area contributed by atoms with E-state index in [2.05, 4.69) is 17.0 Å². The number of nitrogens with zero attached hydrogens (tertiary/aromatic N) is 1. The molecule has 1 N–H and O–H groups in total. The van der Waals surface area contributed by atoms with Gasteiger partial charge in [0.1, 0.15) is 0 Å². The van der Waals surface area contributed by atoms with Crippen molar-refractivity contribution in [3.8, 4) is 0 Å². The third-order valence-corrected chi connectivity index (χ3v) is 2.59. The van der Waals surface area contributed by atoms with Gasteiger partial charge in [-0.1, -0.05) is 12.1 Å². The molecule has 0 unspecified atom stereocenters. The normalized spacial score (nSPS) is 16.5. The fourth-order valence-electron chi connectivity index (χ4n) is 1.79. The van der Waals surface area contributed by atoms with Crippen LogP contribution >= 0.6 is 0 Å². The minimum atomic E-state index is 0.139. The van der Waals surface area contributed by atoms with Gasteiger partial charge in [0.2, 0.25) is 0 Å². The smallest absolute Gasteiger partial charge is 0.0681 e. The van der Waals surface area contributed by atoms with Crippen LogP contribution in [0.1, 0.15) is 18.4 Å². The summed E-state index contributed by atoms with van der Waals surface area (Å²) in [4.78, 5) is 2.39. The van der Waals surface area contributed by atoms with E-state index in [1.165, 1.54) is 31.6 Å². The molecule has 1 saturated heterocycles. The van der Waals surface area contributed by atoms with Crippen LogP contribution in [0.5, 0.6) is 0 Å². The first-order valence-electron chi connectivity index (χ1n) is 4.85. The van der Waals surface area contributed by atoms with Crippen molar-refractivity contribution in [1.29, 1.82) is 0 Å². The van der Waals surface area contributed by atoms with E-state index in [1.807, 2.05) is 12.1 Å². The molecule has 13 heavy (non-hydrogen) atoms. The quantitative estimate of drug-likeness (QED) is 0.744. The van der Waals surface area contributed by atoms with Gasteiger partial charge in [-0.15, -0.1) is 0 Å². The number of rotatable bonds is 2. The summed E-state index contributed by atoms with van der Waals surface area (Å²) in [6, 6.07) is 8.18. The fraction of sp³-hybridized carbons (Fsp3) is 0.455. The van der Waals surface area contributed by atoms with Gasteiger partial charge in [-0.3, -0.25) is 0 Å². The second-order valence-electron chi connectivity index (χ2n) is 3.52. The number of aliphatic hydroxyl groups excluding tert-OH is 1. The van der Waals surface area contributed by atoms with E-state index >= 15 is 0 Å². The summed E-state index contributed by atoms with van der Waals surface area (Å²) in [6.07, 6.45) is 2.61. The maximum atomic E-state index is 8.88. The molecule has 0 radical (unpaired) electrons. The summed E-state index contributed by atoms with van der Waals surface area (Å²) in [7, 11) is 0. The van der Waals surface area contributed by atoms with Gasteiger partial charge < -0.3 is 10.0 Å². The van der Waals surface area contributed by atoms with Gasteiger partial charge in [-0.2, -0.15) is 0 Å². The van der Waals surface area contributed by atoms with E-state index in [0.717, 1.165) is 5.56 Å². The lowest BCUT2D eigenvalue weighted by Gasteiger charge is -2.17. The van der Waals surface area contributed by atoms with Crippen molar-refractivity contribution < 1.29 is 5.11 Å². The van der Waals surface area contributed by atoms with Crippen molar-refractivity contribution in [1.82, 2.24) is 0 Å². The third kappa shape index (κ3) is 1.83.